The Hall–Kier alpha value is -3.93. The molecule has 1 aromatic heterocycles. The molecule has 33 heavy (non-hydrogen) atoms. The van der Waals surface area contributed by atoms with E-state index in [0.29, 0.717) is 28.8 Å². The highest BCUT2D eigenvalue weighted by Gasteiger charge is 2.36. The number of aromatic nitrogens is 1. The van der Waals surface area contributed by atoms with Gasteiger partial charge in [-0.15, -0.1) is 0 Å². The molecule has 0 aliphatic carbocycles. The summed E-state index contributed by atoms with van der Waals surface area (Å²) in [6, 6.07) is 7.39. The van der Waals surface area contributed by atoms with E-state index in [1.807, 2.05) is 0 Å². The SMILES string of the molecule is COc1cc(/C=C2\SC(=O)N(CC(=O)OC(C)C)C2=O)ccc1Oc1ccc([N+](=O)[O-])cn1. The summed E-state index contributed by atoms with van der Waals surface area (Å²) in [6.45, 7) is 2.88. The maximum absolute atomic E-state index is 12.6. The van der Waals surface area contributed by atoms with Gasteiger partial charge in [0, 0.05) is 12.1 Å². The molecule has 0 atom stereocenters. The first-order valence-electron chi connectivity index (χ1n) is 9.59. The molecule has 1 aliphatic heterocycles. The summed E-state index contributed by atoms with van der Waals surface area (Å²) in [5.41, 5.74) is 0.377. The maximum Gasteiger partial charge on any atom is 0.326 e. The van der Waals surface area contributed by atoms with Gasteiger partial charge in [-0.05, 0) is 49.4 Å². The molecule has 12 heteroatoms. The Morgan fingerprint density at radius 3 is 2.61 bits per heavy atom. The minimum absolute atomic E-state index is 0.126. The average Bonchev–Trinajstić information content (AvgIpc) is 3.01. The maximum atomic E-state index is 12.6. The predicted octanol–water partition coefficient (Wildman–Crippen LogP) is 3.78. The van der Waals surface area contributed by atoms with E-state index in [1.165, 1.54) is 25.3 Å². The fraction of sp³-hybridized carbons (Fsp3) is 0.238. The molecule has 1 aromatic carbocycles. The molecule has 0 unspecified atom stereocenters. The van der Waals surface area contributed by atoms with Crippen LogP contribution in [-0.2, 0) is 14.3 Å². The number of nitrogens with zero attached hydrogens (tertiary/aromatic N) is 3. The second-order valence-corrected chi connectivity index (χ2v) is 7.92. The second-order valence-electron chi connectivity index (χ2n) is 6.93. The zero-order valence-corrected chi connectivity index (χ0v) is 18.7. The van der Waals surface area contributed by atoms with E-state index in [2.05, 4.69) is 4.98 Å². The smallest absolute Gasteiger partial charge is 0.326 e. The van der Waals surface area contributed by atoms with E-state index >= 15 is 0 Å². The van der Waals surface area contributed by atoms with Crippen molar-refractivity contribution >= 4 is 40.6 Å². The average molecular weight is 473 g/mol. The third-order valence-electron chi connectivity index (χ3n) is 4.16. The minimum atomic E-state index is -0.670. The van der Waals surface area contributed by atoms with Crippen LogP contribution in [0.5, 0.6) is 17.4 Å². The van der Waals surface area contributed by atoms with Gasteiger partial charge in [0.15, 0.2) is 11.5 Å². The number of rotatable bonds is 8. The first-order valence-corrected chi connectivity index (χ1v) is 10.4. The van der Waals surface area contributed by atoms with Gasteiger partial charge in [-0.2, -0.15) is 0 Å². The van der Waals surface area contributed by atoms with Crippen molar-refractivity contribution in [3.8, 4) is 17.4 Å². The Bertz CT molecular complexity index is 1130. The van der Waals surface area contributed by atoms with Crippen LogP contribution in [-0.4, -0.2) is 51.7 Å². The number of hydrogen-bond acceptors (Lipinski definition) is 10. The quantitative estimate of drug-likeness (QED) is 0.241. The number of imide groups is 1. The molecule has 0 radical (unpaired) electrons. The first-order chi connectivity index (χ1) is 15.7. The van der Waals surface area contributed by atoms with E-state index in [-0.39, 0.29) is 22.6 Å². The number of amides is 2. The summed E-state index contributed by atoms with van der Waals surface area (Å²) < 4.78 is 15.9. The normalized spacial score (nSPS) is 14.7. The van der Waals surface area contributed by atoms with Crippen molar-refractivity contribution in [1.29, 1.82) is 0 Å². The molecule has 1 fully saturated rings. The van der Waals surface area contributed by atoms with Gasteiger partial charge in [0.25, 0.3) is 16.8 Å². The Morgan fingerprint density at radius 2 is 2.00 bits per heavy atom. The molecular weight excluding hydrogens is 454 g/mol. The van der Waals surface area contributed by atoms with Gasteiger partial charge < -0.3 is 14.2 Å². The number of carbonyl (C=O) groups is 3. The van der Waals surface area contributed by atoms with Crippen LogP contribution in [0.3, 0.4) is 0 Å². The number of nitro groups is 1. The molecule has 0 N–H and O–H groups in total. The van der Waals surface area contributed by atoms with Crippen molar-refractivity contribution in [3.63, 3.8) is 0 Å². The van der Waals surface area contributed by atoms with Crippen molar-refractivity contribution in [2.75, 3.05) is 13.7 Å². The number of esters is 1. The number of ether oxygens (including phenoxy) is 3. The molecule has 0 bridgehead atoms. The number of hydrogen-bond donors (Lipinski definition) is 0. The van der Waals surface area contributed by atoms with Crippen molar-refractivity contribution in [1.82, 2.24) is 9.88 Å². The summed E-state index contributed by atoms with van der Waals surface area (Å²) in [5.74, 6) is -0.540. The van der Waals surface area contributed by atoms with Gasteiger partial charge in [0.1, 0.15) is 12.7 Å². The van der Waals surface area contributed by atoms with Crippen LogP contribution in [0.2, 0.25) is 0 Å². The summed E-state index contributed by atoms with van der Waals surface area (Å²) >= 11 is 0.715. The summed E-state index contributed by atoms with van der Waals surface area (Å²) in [7, 11) is 1.42. The summed E-state index contributed by atoms with van der Waals surface area (Å²) in [4.78, 5) is 51.6. The van der Waals surface area contributed by atoms with Crippen LogP contribution >= 0.6 is 11.8 Å². The molecule has 172 valence electrons. The Kier molecular flexibility index (Phi) is 7.28. The van der Waals surface area contributed by atoms with Crippen LogP contribution in [0.15, 0.2) is 41.4 Å². The predicted molar refractivity (Wildman–Crippen MR) is 118 cm³/mol. The van der Waals surface area contributed by atoms with E-state index in [1.54, 1.807) is 32.0 Å². The molecule has 1 saturated heterocycles. The lowest BCUT2D eigenvalue weighted by molar-refractivity contribution is -0.385. The van der Waals surface area contributed by atoms with Gasteiger partial charge >= 0.3 is 5.97 Å². The Morgan fingerprint density at radius 1 is 1.24 bits per heavy atom. The molecule has 0 spiro atoms. The molecule has 11 nitrogen and oxygen atoms in total. The summed E-state index contributed by atoms with van der Waals surface area (Å²) in [6.07, 6.45) is 2.21. The van der Waals surface area contributed by atoms with Crippen LogP contribution in [0.1, 0.15) is 19.4 Å². The van der Waals surface area contributed by atoms with Crippen LogP contribution in [0.4, 0.5) is 10.5 Å². The van der Waals surface area contributed by atoms with Gasteiger partial charge in [-0.3, -0.25) is 29.4 Å². The highest BCUT2D eigenvalue weighted by atomic mass is 32.2. The largest absolute Gasteiger partial charge is 0.493 e. The van der Waals surface area contributed by atoms with Gasteiger partial charge in [-0.1, -0.05) is 6.07 Å². The zero-order valence-electron chi connectivity index (χ0n) is 17.8. The third kappa shape index (κ3) is 5.86. The monoisotopic (exact) mass is 473 g/mol. The fourth-order valence-corrected chi connectivity index (χ4v) is 3.57. The van der Waals surface area contributed by atoms with Crippen LogP contribution in [0.25, 0.3) is 6.08 Å². The van der Waals surface area contributed by atoms with Crippen LogP contribution in [0, 0.1) is 10.1 Å². The fourth-order valence-electron chi connectivity index (χ4n) is 2.73. The minimum Gasteiger partial charge on any atom is -0.493 e. The molecule has 0 saturated carbocycles. The number of carbonyl (C=O) groups excluding carboxylic acids is 3. The number of methoxy groups -OCH3 is 1. The Balaban J connectivity index is 1.76. The van der Waals surface area contributed by atoms with Gasteiger partial charge in [-0.25, -0.2) is 4.98 Å². The third-order valence-corrected chi connectivity index (χ3v) is 5.07. The van der Waals surface area contributed by atoms with Gasteiger partial charge in [0.2, 0.25) is 5.88 Å². The zero-order chi connectivity index (χ0) is 24.1. The number of pyridine rings is 1. The standard InChI is InChI=1S/C21H19N3O8S/c1-12(2)31-19(25)11-23-20(26)17(33-21(23)27)9-13-4-6-15(16(8-13)30-3)32-18-7-5-14(10-22-18)24(28)29/h4-10,12H,11H2,1-3H3/b17-9-. The van der Waals surface area contributed by atoms with Crippen molar-refractivity contribution < 1.29 is 33.5 Å². The lowest BCUT2D eigenvalue weighted by Gasteiger charge is -2.13. The molecule has 2 amide bonds. The highest BCUT2D eigenvalue weighted by Crippen LogP contribution is 2.35. The molecule has 3 rings (SSSR count). The number of thioether (sulfide) groups is 1. The lowest BCUT2D eigenvalue weighted by atomic mass is 10.2. The first kappa shape index (κ1) is 23.7. The lowest BCUT2D eigenvalue weighted by Crippen LogP contribution is -2.35. The van der Waals surface area contributed by atoms with E-state index in [4.69, 9.17) is 14.2 Å². The molecule has 2 heterocycles. The van der Waals surface area contributed by atoms with Crippen molar-refractivity contribution in [2.24, 2.45) is 0 Å². The molecular formula is C21H19N3O8S. The Labute approximate surface area is 192 Å². The molecule has 2 aromatic rings. The van der Waals surface area contributed by atoms with Crippen LogP contribution < -0.4 is 9.47 Å². The van der Waals surface area contributed by atoms with E-state index < -0.39 is 28.6 Å². The van der Waals surface area contributed by atoms with E-state index in [9.17, 15) is 24.5 Å². The number of benzene rings is 1. The van der Waals surface area contributed by atoms with E-state index in [0.717, 1.165) is 11.1 Å². The summed E-state index contributed by atoms with van der Waals surface area (Å²) in [5, 5.41) is 10.2. The molecule has 1 aliphatic rings. The second kappa shape index (κ2) is 10.1. The van der Waals surface area contributed by atoms with Crippen molar-refractivity contribution in [2.45, 2.75) is 20.0 Å². The van der Waals surface area contributed by atoms with Crippen molar-refractivity contribution in [3.05, 3.63) is 57.1 Å². The highest BCUT2D eigenvalue weighted by molar-refractivity contribution is 8.18. The topological polar surface area (TPSA) is 138 Å². The van der Waals surface area contributed by atoms with Gasteiger partial charge in [0.05, 0.1) is 23.0 Å².